The molecule has 1 atom stereocenters. The highest BCUT2D eigenvalue weighted by Gasteiger charge is 2.14. The molecule has 1 rings (SSSR count). The van der Waals surface area contributed by atoms with E-state index in [0.717, 1.165) is 18.4 Å². The maximum absolute atomic E-state index is 11.2. The van der Waals surface area contributed by atoms with E-state index in [1.807, 2.05) is 30.3 Å². The fourth-order valence-corrected chi connectivity index (χ4v) is 1.55. The van der Waals surface area contributed by atoms with Crippen LogP contribution in [0.5, 0.6) is 0 Å². The van der Waals surface area contributed by atoms with Gasteiger partial charge in [-0.25, -0.2) is 0 Å². The number of hydrogen-bond donors (Lipinski definition) is 3. The Labute approximate surface area is 107 Å². The van der Waals surface area contributed by atoms with Gasteiger partial charge in [-0.2, -0.15) is 5.48 Å². The van der Waals surface area contributed by atoms with Gasteiger partial charge in [0.2, 0.25) is 5.91 Å². The van der Waals surface area contributed by atoms with E-state index in [9.17, 15) is 4.79 Å². The van der Waals surface area contributed by atoms with Crippen LogP contribution < -0.4 is 16.9 Å². The average molecular weight is 251 g/mol. The van der Waals surface area contributed by atoms with Crippen LogP contribution in [0.1, 0.15) is 24.8 Å². The molecule has 0 aliphatic carbocycles. The summed E-state index contributed by atoms with van der Waals surface area (Å²) >= 11 is 0. The molecule has 0 unspecified atom stereocenters. The van der Waals surface area contributed by atoms with Crippen LogP contribution in [0.2, 0.25) is 0 Å². The van der Waals surface area contributed by atoms with Gasteiger partial charge < -0.3 is 11.5 Å². The molecule has 5 N–H and O–H groups in total. The predicted octanol–water partition coefficient (Wildman–Crippen LogP) is 0.691. The lowest BCUT2D eigenvalue weighted by Crippen LogP contribution is -2.41. The first-order valence-electron chi connectivity index (χ1n) is 6.14. The topological polar surface area (TPSA) is 90.4 Å². The van der Waals surface area contributed by atoms with Gasteiger partial charge in [-0.15, -0.1) is 0 Å². The van der Waals surface area contributed by atoms with Crippen LogP contribution >= 0.6 is 0 Å². The molecule has 0 heterocycles. The zero-order valence-electron chi connectivity index (χ0n) is 10.5. The Hall–Kier alpha value is -1.43. The molecule has 18 heavy (non-hydrogen) atoms. The quantitative estimate of drug-likeness (QED) is 0.445. The van der Waals surface area contributed by atoms with Crippen LogP contribution in [-0.4, -0.2) is 18.5 Å². The molecular formula is C13H21N3O2. The summed E-state index contributed by atoms with van der Waals surface area (Å²) in [7, 11) is 0. The molecule has 0 radical (unpaired) electrons. The van der Waals surface area contributed by atoms with E-state index in [2.05, 4.69) is 5.48 Å². The number of benzene rings is 1. The van der Waals surface area contributed by atoms with Crippen molar-refractivity contribution in [2.24, 2.45) is 11.5 Å². The third kappa shape index (κ3) is 5.77. The van der Waals surface area contributed by atoms with E-state index in [1.165, 1.54) is 0 Å². The van der Waals surface area contributed by atoms with Crippen LogP contribution in [0.25, 0.3) is 0 Å². The molecule has 0 saturated carbocycles. The van der Waals surface area contributed by atoms with Crippen molar-refractivity contribution in [3.05, 3.63) is 35.9 Å². The first-order valence-corrected chi connectivity index (χ1v) is 6.14. The van der Waals surface area contributed by atoms with Crippen LogP contribution in [-0.2, 0) is 16.2 Å². The van der Waals surface area contributed by atoms with Crippen molar-refractivity contribution in [2.45, 2.75) is 31.9 Å². The maximum Gasteiger partial charge on any atom is 0.236 e. The monoisotopic (exact) mass is 251 g/mol. The molecule has 0 aliphatic rings. The van der Waals surface area contributed by atoms with Crippen molar-refractivity contribution in [1.82, 2.24) is 5.48 Å². The number of amides is 1. The maximum atomic E-state index is 11.2. The second-order valence-electron chi connectivity index (χ2n) is 4.13. The summed E-state index contributed by atoms with van der Waals surface area (Å²) in [5, 5.41) is 0. The molecule has 100 valence electrons. The second kappa shape index (κ2) is 8.63. The number of hydroxylamine groups is 1. The van der Waals surface area contributed by atoms with Gasteiger partial charge in [0, 0.05) is 0 Å². The van der Waals surface area contributed by atoms with Crippen molar-refractivity contribution < 1.29 is 9.63 Å². The largest absolute Gasteiger partial charge is 0.368 e. The number of rotatable bonds is 9. The normalized spacial score (nSPS) is 12.3. The lowest BCUT2D eigenvalue weighted by Gasteiger charge is -2.15. The summed E-state index contributed by atoms with van der Waals surface area (Å²) < 4.78 is 0. The molecule has 0 bridgehead atoms. The fraction of sp³-hybridized carbons (Fsp3) is 0.462. The molecule has 0 spiro atoms. The Morgan fingerprint density at radius 3 is 2.61 bits per heavy atom. The van der Waals surface area contributed by atoms with Gasteiger partial charge in [0.15, 0.2) is 0 Å². The number of nitrogens with two attached hydrogens (primary N) is 2. The summed E-state index contributed by atoms with van der Waals surface area (Å²) in [6.45, 7) is 1.03. The SMILES string of the molecule is NCCCC[C@H](NOCc1ccccc1)C(N)=O. The van der Waals surface area contributed by atoms with Crippen molar-refractivity contribution in [3.63, 3.8) is 0 Å². The fourth-order valence-electron chi connectivity index (χ4n) is 1.55. The van der Waals surface area contributed by atoms with E-state index >= 15 is 0 Å². The summed E-state index contributed by atoms with van der Waals surface area (Å²) in [4.78, 5) is 16.5. The standard InChI is InChI=1S/C13H21N3O2/c14-9-5-4-8-12(13(15)17)16-18-10-11-6-2-1-3-7-11/h1-3,6-7,12,16H,4-5,8-10,14H2,(H2,15,17)/t12-/m0/s1. The molecule has 0 fully saturated rings. The summed E-state index contributed by atoms with van der Waals surface area (Å²) in [6, 6.07) is 9.26. The molecule has 5 heteroatoms. The highest BCUT2D eigenvalue weighted by molar-refractivity contribution is 5.79. The van der Waals surface area contributed by atoms with Gasteiger partial charge in [0.1, 0.15) is 6.04 Å². The Bertz CT molecular complexity index is 343. The lowest BCUT2D eigenvalue weighted by molar-refractivity contribution is -0.125. The zero-order valence-corrected chi connectivity index (χ0v) is 10.5. The Morgan fingerprint density at radius 2 is 2.00 bits per heavy atom. The van der Waals surface area contributed by atoms with E-state index in [-0.39, 0.29) is 0 Å². The first kappa shape index (κ1) is 14.6. The predicted molar refractivity (Wildman–Crippen MR) is 70.3 cm³/mol. The summed E-state index contributed by atoms with van der Waals surface area (Å²) in [5.41, 5.74) is 14.4. The minimum atomic E-state index is -0.458. The van der Waals surface area contributed by atoms with Gasteiger partial charge in [-0.1, -0.05) is 36.8 Å². The molecule has 1 amide bonds. The van der Waals surface area contributed by atoms with Gasteiger partial charge in [0.25, 0.3) is 0 Å². The van der Waals surface area contributed by atoms with Crippen molar-refractivity contribution in [3.8, 4) is 0 Å². The molecule has 0 aliphatic heterocycles. The van der Waals surface area contributed by atoms with Crippen molar-refractivity contribution in [1.29, 1.82) is 0 Å². The number of carbonyl (C=O) groups excluding carboxylic acids is 1. The summed E-state index contributed by atoms with van der Waals surface area (Å²) in [5.74, 6) is -0.403. The molecular weight excluding hydrogens is 230 g/mol. The van der Waals surface area contributed by atoms with Gasteiger partial charge in [-0.3, -0.25) is 9.63 Å². The Morgan fingerprint density at radius 1 is 1.28 bits per heavy atom. The van der Waals surface area contributed by atoms with Crippen LogP contribution in [0.15, 0.2) is 30.3 Å². The smallest absolute Gasteiger partial charge is 0.236 e. The number of nitrogens with one attached hydrogen (secondary N) is 1. The van der Waals surface area contributed by atoms with Gasteiger partial charge in [-0.05, 0) is 24.9 Å². The average Bonchev–Trinajstić information content (AvgIpc) is 2.38. The Kier molecular flexibility index (Phi) is 7.01. The highest BCUT2D eigenvalue weighted by atomic mass is 16.6. The Balaban J connectivity index is 2.27. The van der Waals surface area contributed by atoms with E-state index in [0.29, 0.717) is 19.6 Å². The van der Waals surface area contributed by atoms with E-state index < -0.39 is 11.9 Å². The van der Waals surface area contributed by atoms with Gasteiger partial charge >= 0.3 is 0 Å². The first-order chi connectivity index (χ1) is 8.74. The number of carbonyl (C=O) groups is 1. The lowest BCUT2D eigenvalue weighted by atomic mass is 10.1. The zero-order chi connectivity index (χ0) is 13.2. The minimum absolute atomic E-state index is 0.403. The molecule has 5 nitrogen and oxygen atoms in total. The van der Waals surface area contributed by atoms with Crippen molar-refractivity contribution >= 4 is 5.91 Å². The summed E-state index contributed by atoms with van der Waals surface area (Å²) in [6.07, 6.45) is 2.37. The molecule has 1 aromatic carbocycles. The molecule has 0 saturated heterocycles. The molecule has 0 aromatic heterocycles. The van der Waals surface area contributed by atoms with Gasteiger partial charge in [0.05, 0.1) is 6.61 Å². The third-order valence-electron chi connectivity index (χ3n) is 2.60. The van der Waals surface area contributed by atoms with Crippen LogP contribution in [0.4, 0.5) is 0 Å². The number of unbranched alkanes of at least 4 members (excludes halogenated alkanes) is 1. The second-order valence-corrected chi connectivity index (χ2v) is 4.13. The highest BCUT2D eigenvalue weighted by Crippen LogP contribution is 2.02. The third-order valence-corrected chi connectivity index (χ3v) is 2.60. The van der Waals surface area contributed by atoms with Crippen LogP contribution in [0, 0.1) is 0 Å². The number of hydrogen-bond acceptors (Lipinski definition) is 4. The van der Waals surface area contributed by atoms with E-state index in [4.69, 9.17) is 16.3 Å². The van der Waals surface area contributed by atoms with Crippen molar-refractivity contribution in [2.75, 3.05) is 6.54 Å². The minimum Gasteiger partial charge on any atom is -0.368 e. The molecule has 1 aromatic rings. The number of primary amides is 1. The van der Waals surface area contributed by atoms with Crippen LogP contribution in [0.3, 0.4) is 0 Å². The van der Waals surface area contributed by atoms with E-state index in [1.54, 1.807) is 0 Å².